The number of carbonyl (C=O) groups excluding carboxylic acids is 1. The Morgan fingerprint density at radius 3 is 2.65 bits per heavy atom. The highest BCUT2D eigenvalue weighted by molar-refractivity contribution is 5.82. The zero-order valence-electron chi connectivity index (χ0n) is 14.5. The predicted octanol–water partition coefficient (Wildman–Crippen LogP) is 2.10. The molecule has 0 aliphatic rings. The van der Waals surface area contributed by atoms with Crippen LogP contribution in [-0.2, 0) is 11.3 Å². The van der Waals surface area contributed by atoms with Crippen molar-refractivity contribution in [3.63, 3.8) is 0 Å². The summed E-state index contributed by atoms with van der Waals surface area (Å²) in [6.45, 7) is 6.60. The molecule has 1 heterocycles. The van der Waals surface area contributed by atoms with Gasteiger partial charge in [0.05, 0.1) is 5.52 Å². The molecule has 5 nitrogen and oxygen atoms in total. The van der Waals surface area contributed by atoms with Crippen molar-refractivity contribution in [3.05, 3.63) is 45.2 Å². The van der Waals surface area contributed by atoms with Crippen LogP contribution in [-0.4, -0.2) is 35.9 Å². The zero-order chi connectivity index (χ0) is 17.1. The average molecular weight is 315 g/mol. The highest BCUT2D eigenvalue weighted by atomic mass is 16.1. The molecule has 2 rings (SSSR count). The summed E-state index contributed by atoms with van der Waals surface area (Å²) in [7, 11) is 3.60. The number of carbonyl (C=O) groups is 1. The molecule has 1 aromatic heterocycles. The summed E-state index contributed by atoms with van der Waals surface area (Å²) in [5, 5.41) is 3.37. The number of amides is 1. The van der Waals surface area contributed by atoms with E-state index in [0.29, 0.717) is 13.0 Å². The number of aromatic nitrogens is 1. The van der Waals surface area contributed by atoms with Crippen LogP contribution in [0.3, 0.4) is 0 Å². The van der Waals surface area contributed by atoms with Gasteiger partial charge >= 0.3 is 0 Å². The van der Waals surface area contributed by atoms with E-state index in [9.17, 15) is 9.59 Å². The van der Waals surface area contributed by atoms with Crippen molar-refractivity contribution in [2.45, 2.75) is 39.8 Å². The average Bonchev–Trinajstić information content (AvgIpc) is 2.48. The zero-order valence-corrected chi connectivity index (χ0v) is 14.5. The minimum atomic E-state index is 0.0164. The molecule has 0 saturated heterocycles. The second kappa shape index (κ2) is 6.96. The SMILES string of the molecule is CNC(=O)C[C@H](C)N(C)Cc1cc(=O)c2cc(C)cc(C)c2[nH]1. The summed E-state index contributed by atoms with van der Waals surface area (Å²) in [5.74, 6) is 0.0164. The van der Waals surface area contributed by atoms with Crippen LogP contribution < -0.4 is 10.7 Å². The quantitative estimate of drug-likeness (QED) is 0.888. The normalized spacial score (nSPS) is 12.6. The Balaban J connectivity index is 2.27. The number of rotatable bonds is 5. The summed E-state index contributed by atoms with van der Waals surface area (Å²) in [6.07, 6.45) is 0.434. The Bertz CT molecular complexity index is 780. The smallest absolute Gasteiger partial charge is 0.221 e. The Hall–Kier alpha value is -2.14. The fraction of sp³-hybridized carbons (Fsp3) is 0.444. The van der Waals surface area contributed by atoms with Gasteiger partial charge in [-0.1, -0.05) is 6.07 Å². The summed E-state index contributed by atoms with van der Waals surface area (Å²) < 4.78 is 0. The Morgan fingerprint density at radius 2 is 2.00 bits per heavy atom. The molecule has 1 atom stereocenters. The van der Waals surface area contributed by atoms with Crippen LogP contribution in [0, 0.1) is 13.8 Å². The maximum Gasteiger partial charge on any atom is 0.221 e. The van der Waals surface area contributed by atoms with E-state index in [4.69, 9.17) is 0 Å². The van der Waals surface area contributed by atoms with Crippen LogP contribution in [0.15, 0.2) is 23.0 Å². The third kappa shape index (κ3) is 3.99. The Morgan fingerprint density at radius 1 is 1.30 bits per heavy atom. The molecule has 0 unspecified atom stereocenters. The van der Waals surface area contributed by atoms with Gasteiger partial charge in [-0.2, -0.15) is 0 Å². The number of aromatic amines is 1. The summed E-state index contributed by atoms with van der Waals surface area (Å²) in [4.78, 5) is 29.3. The molecule has 0 fully saturated rings. The van der Waals surface area contributed by atoms with Crippen LogP contribution in [0.25, 0.3) is 10.9 Å². The summed E-state index contributed by atoms with van der Waals surface area (Å²) in [6, 6.07) is 5.74. The summed E-state index contributed by atoms with van der Waals surface area (Å²) in [5.41, 5.74) is 3.95. The summed E-state index contributed by atoms with van der Waals surface area (Å²) >= 11 is 0. The fourth-order valence-corrected chi connectivity index (χ4v) is 2.80. The number of H-pyrrole nitrogens is 1. The number of aryl methyl sites for hydroxylation is 2. The number of pyridine rings is 1. The minimum absolute atomic E-state index is 0.0164. The van der Waals surface area contributed by atoms with Crippen molar-refractivity contribution in [2.75, 3.05) is 14.1 Å². The van der Waals surface area contributed by atoms with Gasteiger partial charge in [0.15, 0.2) is 5.43 Å². The van der Waals surface area contributed by atoms with E-state index in [1.54, 1.807) is 13.1 Å². The Labute approximate surface area is 136 Å². The lowest BCUT2D eigenvalue weighted by atomic mass is 10.1. The number of hydrogen-bond acceptors (Lipinski definition) is 3. The van der Waals surface area contributed by atoms with E-state index in [2.05, 4.69) is 21.3 Å². The molecule has 5 heteroatoms. The van der Waals surface area contributed by atoms with Crippen molar-refractivity contribution < 1.29 is 4.79 Å². The van der Waals surface area contributed by atoms with Gasteiger partial charge in [-0.25, -0.2) is 0 Å². The molecule has 1 aromatic carbocycles. The molecule has 23 heavy (non-hydrogen) atoms. The van der Waals surface area contributed by atoms with Crippen molar-refractivity contribution in [3.8, 4) is 0 Å². The lowest BCUT2D eigenvalue weighted by Gasteiger charge is -2.24. The van der Waals surface area contributed by atoms with E-state index in [0.717, 1.165) is 27.7 Å². The molecular weight excluding hydrogens is 290 g/mol. The highest BCUT2D eigenvalue weighted by Gasteiger charge is 2.14. The highest BCUT2D eigenvalue weighted by Crippen LogP contribution is 2.17. The molecule has 0 aliphatic heterocycles. The van der Waals surface area contributed by atoms with E-state index in [1.807, 2.05) is 33.9 Å². The van der Waals surface area contributed by atoms with Crippen LogP contribution in [0.2, 0.25) is 0 Å². The molecule has 0 spiro atoms. The topological polar surface area (TPSA) is 65.2 Å². The van der Waals surface area contributed by atoms with Crippen LogP contribution in [0.4, 0.5) is 0 Å². The minimum Gasteiger partial charge on any atom is -0.359 e. The van der Waals surface area contributed by atoms with Gasteiger partial charge in [-0.3, -0.25) is 14.5 Å². The molecule has 0 aliphatic carbocycles. The Kier molecular flexibility index (Phi) is 5.21. The van der Waals surface area contributed by atoms with Gasteiger partial charge in [0.2, 0.25) is 5.91 Å². The standard InChI is InChI=1S/C18H25N3O2/c1-11-6-12(2)18-15(7-11)16(22)9-14(20-18)10-21(5)13(3)8-17(23)19-4/h6-7,9,13H,8,10H2,1-5H3,(H,19,23)(H,20,22)/t13-/m0/s1. The maximum absolute atomic E-state index is 12.4. The van der Waals surface area contributed by atoms with E-state index in [-0.39, 0.29) is 17.4 Å². The largest absolute Gasteiger partial charge is 0.359 e. The first kappa shape index (κ1) is 17.2. The second-order valence-corrected chi connectivity index (χ2v) is 6.30. The first-order valence-corrected chi connectivity index (χ1v) is 7.85. The van der Waals surface area contributed by atoms with E-state index in [1.165, 1.54) is 0 Å². The van der Waals surface area contributed by atoms with Crippen molar-refractivity contribution in [1.82, 2.24) is 15.2 Å². The number of nitrogens with zero attached hydrogens (tertiary/aromatic N) is 1. The lowest BCUT2D eigenvalue weighted by Crippen LogP contribution is -2.34. The molecule has 1 amide bonds. The number of nitrogens with one attached hydrogen (secondary N) is 2. The first-order valence-electron chi connectivity index (χ1n) is 7.85. The molecular formula is C18H25N3O2. The molecule has 2 N–H and O–H groups in total. The van der Waals surface area contributed by atoms with Gasteiger partial charge in [0, 0.05) is 43.2 Å². The molecule has 0 bridgehead atoms. The van der Waals surface area contributed by atoms with Crippen molar-refractivity contribution >= 4 is 16.8 Å². The van der Waals surface area contributed by atoms with Gasteiger partial charge in [0.25, 0.3) is 0 Å². The maximum atomic E-state index is 12.4. The molecule has 0 saturated carbocycles. The van der Waals surface area contributed by atoms with Crippen molar-refractivity contribution in [2.24, 2.45) is 0 Å². The van der Waals surface area contributed by atoms with Gasteiger partial charge in [0.1, 0.15) is 0 Å². The predicted molar refractivity (Wildman–Crippen MR) is 93.7 cm³/mol. The van der Waals surface area contributed by atoms with E-state index >= 15 is 0 Å². The van der Waals surface area contributed by atoms with Gasteiger partial charge < -0.3 is 10.3 Å². The third-order valence-electron chi connectivity index (χ3n) is 4.27. The second-order valence-electron chi connectivity index (χ2n) is 6.30. The first-order chi connectivity index (χ1) is 10.8. The van der Waals surface area contributed by atoms with Crippen LogP contribution in [0.1, 0.15) is 30.2 Å². The number of benzene rings is 1. The van der Waals surface area contributed by atoms with Crippen LogP contribution in [0.5, 0.6) is 0 Å². The van der Waals surface area contributed by atoms with E-state index < -0.39 is 0 Å². The van der Waals surface area contributed by atoms with Crippen molar-refractivity contribution in [1.29, 1.82) is 0 Å². The third-order valence-corrected chi connectivity index (χ3v) is 4.27. The molecule has 124 valence electrons. The molecule has 2 aromatic rings. The lowest BCUT2D eigenvalue weighted by molar-refractivity contribution is -0.121. The monoisotopic (exact) mass is 315 g/mol. The number of fused-ring (bicyclic) bond motifs is 1. The molecule has 0 radical (unpaired) electrons. The van der Waals surface area contributed by atoms with Gasteiger partial charge in [-0.05, 0) is 45.0 Å². The van der Waals surface area contributed by atoms with Gasteiger partial charge in [-0.15, -0.1) is 0 Å². The fourth-order valence-electron chi connectivity index (χ4n) is 2.80. The number of hydrogen-bond donors (Lipinski definition) is 2. The van der Waals surface area contributed by atoms with Crippen LogP contribution >= 0.6 is 0 Å².